The minimum Gasteiger partial charge on any atom is -0.465 e. The van der Waals surface area contributed by atoms with Crippen molar-refractivity contribution in [2.24, 2.45) is 16.0 Å². The quantitative estimate of drug-likeness (QED) is 0.555. The van der Waals surface area contributed by atoms with Crippen LogP contribution in [0, 0.1) is 17.2 Å². The summed E-state index contributed by atoms with van der Waals surface area (Å²) < 4.78 is 50.4. The largest absolute Gasteiger partial charge is 0.465 e. The maximum atomic E-state index is 13.1. The lowest BCUT2D eigenvalue weighted by Gasteiger charge is -2.22. The first-order chi connectivity index (χ1) is 15.7. The van der Waals surface area contributed by atoms with E-state index in [1.807, 2.05) is 6.07 Å². The molecule has 0 aromatic carbocycles. The summed E-state index contributed by atoms with van der Waals surface area (Å²) in [7, 11) is 0. The molecule has 2 unspecified atom stereocenters. The monoisotopic (exact) mass is 486 g/mol. The fourth-order valence-corrected chi connectivity index (χ4v) is 3.91. The zero-order valence-corrected chi connectivity index (χ0v) is 18.4. The highest BCUT2D eigenvalue weighted by Gasteiger charge is 2.49. The molecule has 2 aliphatic heterocycles. The van der Waals surface area contributed by atoms with Gasteiger partial charge >= 0.3 is 6.18 Å². The molecule has 3 heterocycles. The smallest absolute Gasteiger partial charge is 0.406 e. The van der Waals surface area contributed by atoms with Gasteiger partial charge in [-0.1, -0.05) is 11.3 Å². The van der Waals surface area contributed by atoms with Gasteiger partial charge in [0, 0.05) is 13.0 Å². The molecule has 0 saturated carbocycles. The van der Waals surface area contributed by atoms with Gasteiger partial charge in [0.2, 0.25) is 5.91 Å². The Balaban J connectivity index is 1.40. The first-order valence-corrected chi connectivity index (χ1v) is 10.8. The first kappa shape index (κ1) is 24.6. The van der Waals surface area contributed by atoms with E-state index < -0.39 is 29.8 Å². The van der Waals surface area contributed by atoms with Gasteiger partial charge in [0.05, 0.1) is 50.3 Å². The highest BCUT2D eigenvalue weighted by Crippen LogP contribution is 2.29. The number of hydrogen-bond donors (Lipinski definition) is 1. The van der Waals surface area contributed by atoms with Crippen LogP contribution in [0.5, 0.6) is 5.19 Å². The number of ether oxygens (including phenoxy) is 2. The Kier molecular flexibility index (Phi) is 7.98. The molecule has 0 aliphatic carbocycles. The van der Waals surface area contributed by atoms with Crippen LogP contribution in [0.4, 0.5) is 13.2 Å². The third-order valence-electron chi connectivity index (χ3n) is 4.81. The first-order valence-electron chi connectivity index (χ1n) is 10.0. The van der Waals surface area contributed by atoms with Crippen molar-refractivity contribution < 1.29 is 32.2 Å². The van der Waals surface area contributed by atoms with Gasteiger partial charge in [-0.3, -0.25) is 14.6 Å². The van der Waals surface area contributed by atoms with E-state index in [-0.39, 0.29) is 31.6 Å². The number of aliphatic imine (C=N–C) groups is 1. The second-order valence-corrected chi connectivity index (χ2v) is 8.40. The molecule has 1 aromatic rings. The number of nitrogens with zero attached hydrogens (tertiary/aromatic N) is 5. The molecule has 1 saturated heterocycles. The molecule has 1 fully saturated rings. The molecule has 3 rings (SSSR count). The molecule has 14 heteroatoms. The fourth-order valence-electron chi connectivity index (χ4n) is 3.28. The van der Waals surface area contributed by atoms with Gasteiger partial charge in [-0.15, -0.1) is 0 Å². The van der Waals surface area contributed by atoms with Gasteiger partial charge in [0.1, 0.15) is 17.1 Å². The lowest BCUT2D eigenvalue weighted by Crippen LogP contribution is -2.47. The average Bonchev–Trinajstić information content (AvgIpc) is 3.40. The Morgan fingerprint density at radius 2 is 2.30 bits per heavy atom. The summed E-state index contributed by atoms with van der Waals surface area (Å²) in [6.07, 6.45) is -1.95. The van der Waals surface area contributed by atoms with Gasteiger partial charge < -0.3 is 14.4 Å². The number of carbonyl (C=O) groups excluding carboxylic acids is 2. The number of likely N-dealkylation sites (tertiary alicyclic amines) is 1. The summed E-state index contributed by atoms with van der Waals surface area (Å²) in [5.41, 5.74) is 1.30. The maximum Gasteiger partial charge on any atom is 0.406 e. The number of rotatable bonds is 8. The van der Waals surface area contributed by atoms with Crippen molar-refractivity contribution >= 4 is 35.1 Å². The van der Waals surface area contributed by atoms with Crippen molar-refractivity contribution in [3.8, 4) is 11.3 Å². The Morgan fingerprint density at radius 1 is 1.52 bits per heavy atom. The van der Waals surface area contributed by atoms with E-state index >= 15 is 0 Å². The van der Waals surface area contributed by atoms with Crippen LogP contribution in [0.25, 0.3) is 0 Å². The van der Waals surface area contributed by atoms with Crippen molar-refractivity contribution in [1.82, 2.24) is 15.3 Å². The second-order valence-electron chi connectivity index (χ2n) is 7.41. The van der Waals surface area contributed by atoms with Gasteiger partial charge in [0.15, 0.2) is 5.92 Å². The number of aromatic nitrogens is 1. The zero-order valence-electron chi connectivity index (χ0n) is 17.5. The predicted molar refractivity (Wildman–Crippen MR) is 111 cm³/mol. The predicted octanol–water partition coefficient (Wildman–Crippen LogP) is 1.52. The molecule has 1 N–H and O–H groups in total. The van der Waals surface area contributed by atoms with E-state index in [0.29, 0.717) is 29.6 Å². The Bertz CT molecular complexity index is 973. The number of hydrazone groups is 1. The van der Waals surface area contributed by atoms with Gasteiger partial charge in [-0.2, -0.15) is 23.5 Å². The van der Waals surface area contributed by atoms with E-state index in [0.717, 1.165) is 17.6 Å². The van der Waals surface area contributed by atoms with Crippen molar-refractivity contribution in [2.45, 2.75) is 38.1 Å². The third kappa shape index (κ3) is 6.72. The zero-order chi connectivity index (χ0) is 24.0. The minimum atomic E-state index is -4.78. The number of halogens is 3. The van der Waals surface area contributed by atoms with Crippen LogP contribution >= 0.6 is 11.3 Å². The number of carbonyl (C=O) groups is 2. The summed E-state index contributed by atoms with van der Waals surface area (Å²) in [5, 5.41) is 12.6. The molecule has 1 aromatic heterocycles. The highest BCUT2D eigenvalue weighted by atomic mass is 32.1. The highest BCUT2D eigenvalue weighted by molar-refractivity contribution is 7.13. The van der Waals surface area contributed by atoms with Gasteiger partial charge in [-0.25, -0.2) is 10.4 Å². The molecular formula is C19H21F3N6O4S. The van der Waals surface area contributed by atoms with Crippen LogP contribution in [0.2, 0.25) is 0 Å². The Hall–Kier alpha value is -3.05. The number of alkyl halides is 3. The Labute approximate surface area is 191 Å². The number of nitriles is 1. The van der Waals surface area contributed by atoms with E-state index in [1.54, 1.807) is 17.2 Å². The van der Waals surface area contributed by atoms with Crippen LogP contribution in [0.3, 0.4) is 0 Å². The molecule has 0 bridgehead atoms. The van der Waals surface area contributed by atoms with Crippen molar-refractivity contribution in [2.75, 3.05) is 26.3 Å². The minimum absolute atomic E-state index is 0.0200. The van der Waals surface area contributed by atoms with Crippen LogP contribution in [0.15, 0.2) is 16.3 Å². The normalized spacial score (nSPS) is 22.8. The summed E-state index contributed by atoms with van der Waals surface area (Å²) in [6.45, 7) is 2.51. The molecule has 2 amide bonds. The third-order valence-corrected chi connectivity index (χ3v) is 5.60. The number of hydrogen-bond acceptors (Lipinski definition) is 9. The Morgan fingerprint density at radius 3 is 3.00 bits per heavy atom. The molecule has 3 atom stereocenters. The van der Waals surface area contributed by atoms with E-state index in [4.69, 9.17) is 14.7 Å². The second kappa shape index (κ2) is 10.7. The molecule has 2 aliphatic rings. The topological polar surface area (TPSA) is 129 Å². The number of amides is 2. The maximum absolute atomic E-state index is 13.1. The SMILES string of the molecule is C[C@@H](COCCC(=O)N1CCC(Oc2ncc(C#N)s2)C1)N=C1C=NNC(=O)C1C(F)(F)F. The molecule has 0 radical (unpaired) electrons. The fraction of sp³-hybridized carbons (Fsp3) is 0.579. The van der Waals surface area contributed by atoms with Crippen LogP contribution in [0.1, 0.15) is 24.6 Å². The van der Waals surface area contributed by atoms with Crippen LogP contribution in [-0.4, -0.2) is 78.2 Å². The van der Waals surface area contributed by atoms with E-state index in [2.05, 4.69) is 15.1 Å². The van der Waals surface area contributed by atoms with Crippen LogP contribution < -0.4 is 10.2 Å². The van der Waals surface area contributed by atoms with E-state index in [1.165, 1.54) is 6.20 Å². The van der Waals surface area contributed by atoms with Crippen molar-refractivity contribution in [1.29, 1.82) is 5.26 Å². The summed E-state index contributed by atoms with van der Waals surface area (Å²) >= 11 is 1.14. The summed E-state index contributed by atoms with van der Waals surface area (Å²) in [6, 6.07) is 1.32. The summed E-state index contributed by atoms with van der Waals surface area (Å²) in [5.74, 6) is -3.79. The van der Waals surface area contributed by atoms with Crippen molar-refractivity contribution in [3.05, 3.63) is 11.1 Å². The molecule has 178 valence electrons. The van der Waals surface area contributed by atoms with Crippen molar-refractivity contribution in [3.63, 3.8) is 0 Å². The van der Waals surface area contributed by atoms with Gasteiger partial charge in [0.25, 0.3) is 11.1 Å². The van der Waals surface area contributed by atoms with Gasteiger partial charge in [-0.05, 0) is 6.92 Å². The number of thiazole rings is 1. The molecule has 10 nitrogen and oxygen atoms in total. The average molecular weight is 486 g/mol. The molecule has 0 spiro atoms. The standard InChI is InChI=1S/C19H21F3N6O4S/c1-11(26-14-8-25-27-17(30)16(14)19(20,21)22)10-31-5-3-15(29)28-4-2-12(9-28)32-18-24-7-13(6-23)33-18/h7-8,11-12,16H,2-5,9-10H2,1H3,(H,27,30)/t11-,12?,16?/m0/s1. The van der Waals surface area contributed by atoms with Crippen LogP contribution in [-0.2, 0) is 14.3 Å². The molecule has 33 heavy (non-hydrogen) atoms. The summed E-state index contributed by atoms with van der Waals surface area (Å²) in [4.78, 5) is 33.9. The lowest BCUT2D eigenvalue weighted by molar-refractivity contribution is -0.168. The molecular weight excluding hydrogens is 465 g/mol. The van der Waals surface area contributed by atoms with E-state index in [9.17, 15) is 22.8 Å². The number of nitrogens with one attached hydrogen (secondary N) is 1. The lowest BCUT2D eigenvalue weighted by atomic mass is 10.0.